The fraction of sp³-hybridized carbons (Fsp3) is 0.214. The van der Waals surface area contributed by atoms with Crippen LogP contribution in [0.3, 0.4) is 0 Å². The van der Waals surface area contributed by atoms with Crippen molar-refractivity contribution < 1.29 is 31.1 Å². The number of carbonyl (C=O) groups excluding carboxylic acids is 1. The number of ketones is 1. The van der Waals surface area contributed by atoms with Gasteiger partial charge in [0, 0.05) is 43.2 Å². The molecule has 2 heterocycles. The lowest BCUT2D eigenvalue weighted by Crippen LogP contribution is -2.25. The van der Waals surface area contributed by atoms with Crippen LogP contribution in [0.15, 0.2) is 84.2 Å². The minimum atomic E-state index is -4.47. The van der Waals surface area contributed by atoms with Gasteiger partial charge in [0.25, 0.3) is 0 Å². The highest BCUT2D eigenvalue weighted by atomic mass is 19.4. The van der Waals surface area contributed by atoms with Crippen LogP contribution in [-0.2, 0) is 23.7 Å². The molecule has 0 N–H and O–H groups in total. The molecule has 1 aliphatic rings. The van der Waals surface area contributed by atoms with Crippen molar-refractivity contribution in [3.05, 3.63) is 112 Å². The van der Waals surface area contributed by atoms with Gasteiger partial charge >= 0.3 is 12.4 Å². The number of rotatable bonds is 4. The molecule has 4 rings (SSSR count). The number of pyridine rings is 1. The lowest BCUT2D eigenvalue weighted by molar-refractivity contribution is -0.138. The van der Waals surface area contributed by atoms with Gasteiger partial charge in [-0.1, -0.05) is 30.3 Å². The molecule has 1 aliphatic heterocycles. The van der Waals surface area contributed by atoms with E-state index < -0.39 is 23.5 Å². The van der Waals surface area contributed by atoms with Gasteiger partial charge in [-0.05, 0) is 65.6 Å². The molecule has 0 unspecified atom stereocenters. The van der Waals surface area contributed by atoms with E-state index in [9.17, 15) is 31.1 Å². The Labute approximate surface area is 209 Å². The van der Waals surface area contributed by atoms with Crippen LogP contribution in [-0.4, -0.2) is 28.8 Å². The number of alkyl halides is 6. The van der Waals surface area contributed by atoms with Crippen molar-refractivity contribution in [2.45, 2.75) is 25.3 Å². The molecule has 37 heavy (non-hydrogen) atoms. The Hall–Kier alpha value is -3.72. The minimum absolute atomic E-state index is 0.249. The third-order valence-corrected chi connectivity index (χ3v) is 5.96. The zero-order chi connectivity index (χ0) is 26.6. The van der Waals surface area contributed by atoms with E-state index in [0.717, 1.165) is 29.8 Å². The van der Waals surface area contributed by atoms with E-state index in [-0.39, 0.29) is 12.3 Å². The van der Waals surface area contributed by atoms with Crippen molar-refractivity contribution in [2.24, 2.45) is 0 Å². The largest absolute Gasteiger partial charge is 0.416 e. The summed E-state index contributed by atoms with van der Waals surface area (Å²) in [6, 6.07) is 12.8. The van der Waals surface area contributed by atoms with Crippen molar-refractivity contribution in [2.75, 3.05) is 13.1 Å². The Morgan fingerprint density at radius 1 is 0.784 bits per heavy atom. The van der Waals surface area contributed by atoms with Crippen LogP contribution in [0.1, 0.15) is 34.2 Å². The molecule has 0 bridgehead atoms. The van der Waals surface area contributed by atoms with E-state index in [0.29, 0.717) is 41.8 Å². The Kier molecular flexibility index (Phi) is 7.63. The van der Waals surface area contributed by atoms with Crippen LogP contribution in [0.25, 0.3) is 12.2 Å². The molecule has 9 heteroatoms. The molecule has 0 radical (unpaired) electrons. The molecule has 0 saturated carbocycles. The normalized spacial score (nSPS) is 17.8. The predicted octanol–water partition coefficient (Wildman–Crippen LogP) is 7.06. The molecule has 1 fully saturated rings. The molecule has 1 saturated heterocycles. The molecule has 3 aromatic rings. The van der Waals surface area contributed by atoms with Gasteiger partial charge in [0.15, 0.2) is 5.78 Å². The summed E-state index contributed by atoms with van der Waals surface area (Å²) in [6.07, 6.45) is -2.09. The summed E-state index contributed by atoms with van der Waals surface area (Å²) in [6.45, 7) is 1.25. The number of nitrogens with zero attached hydrogens (tertiary/aromatic N) is 2. The number of aromatic nitrogens is 1. The number of likely N-dealkylation sites (tertiary alicyclic amines) is 1. The molecular weight excluding hydrogens is 494 g/mol. The number of halogens is 6. The molecule has 0 aliphatic carbocycles. The smallest absolute Gasteiger partial charge is 0.294 e. The van der Waals surface area contributed by atoms with Crippen molar-refractivity contribution in [1.29, 1.82) is 0 Å². The summed E-state index contributed by atoms with van der Waals surface area (Å²) in [7, 11) is 0. The van der Waals surface area contributed by atoms with E-state index in [1.54, 1.807) is 30.6 Å². The SMILES string of the molecule is O=C1/C(=C/c2ccc(C(F)(F)F)cc2)CCN(Cc2cccnc2)C/C1=C\c1ccc(C(F)(F)F)cc1. The van der Waals surface area contributed by atoms with Crippen molar-refractivity contribution in [3.8, 4) is 0 Å². The minimum Gasteiger partial charge on any atom is -0.294 e. The second-order valence-corrected chi connectivity index (χ2v) is 8.73. The highest BCUT2D eigenvalue weighted by Gasteiger charge is 2.31. The fourth-order valence-corrected chi connectivity index (χ4v) is 4.06. The number of hydrogen-bond donors (Lipinski definition) is 0. The van der Waals surface area contributed by atoms with Gasteiger partial charge < -0.3 is 0 Å². The zero-order valence-electron chi connectivity index (χ0n) is 19.5. The van der Waals surface area contributed by atoms with Gasteiger partial charge in [-0.2, -0.15) is 26.3 Å². The Morgan fingerprint density at radius 2 is 1.32 bits per heavy atom. The van der Waals surface area contributed by atoms with Gasteiger partial charge in [0.2, 0.25) is 0 Å². The van der Waals surface area contributed by atoms with Gasteiger partial charge in [0.05, 0.1) is 11.1 Å². The summed E-state index contributed by atoms with van der Waals surface area (Å²) in [5, 5.41) is 0. The van der Waals surface area contributed by atoms with Crippen LogP contribution in [0.4, 0.5) is 26.3 Å². The van der Waals surface area contributed by atoms with E-state index >= 15 is 0 Å². The average Bonchev–Trinajstić information content (AvgIpc) is 2.98. The summed E-state index contributed by atoms with van der Waals surface area (Å²) in [5.41, 5.74) is 1.03. The number of benzene rings is 2. The van der Waals surface area contributed by atoms with Crippen LogP contribution >= 0.6 is 0 Å². The standard InChI is InChI=1S/C28H22F6N2O/c29-27(30,31)24-7-3-19(4-8-24)14-22-11-13-36(17-21-2-1-12-35-16-21)18-23(26(22)37)15-20-5-9-25(10-6-20)28(32,33)34/h1-10,12,14-16H,11,13,17-18H2/b22-14+,23-15+. The molecule has 0 atom stereocenters. The van der Waals surface area contributed by atoms with Gasteiger partial charge in [-0.3, -0.25) is 14.7 Å². The first-order chi connectivity index (χ1) is 17.5. The van der Waals surface area contributed by atoms with E-state index in [4.69, 9.17) is 0 Å². The van der Waals surface area contributed by atoms with Gasteiger partial charge in [-0.15, -0.1) is 0 Å². The maximum absolute atomic E-state index is 13.5. The first-order valence-electron chi connectivity index (χ1n) is 11.4. The van der Waals surface area contributed by atoms with E-state index in [1.165, 1.54) is 24.3 Å². The molecule has 0 amide bonds. The Bertz CT molecular complexity index is 1290. The molecular formula is C28H22F6N2O. The highest BCUT2D eigenvalue weighted by Crippen LogP contribution is 2.31. The maximum Gasteiger partial charge on any atom is 0.416 e. The first kappa shape index (κ1) is 26.3. The summed E-state index contributed by atoms with van der Waals surface area (Å²) < 4.78 is 77.6. The topological polar surface area (TPSA) is 33.2 Å². The number of carbonyl (C=O) groups is 1. The Balaban J connectivity index is 1.66. The van der Waals surface area contributed by atoms with E-state index in [2.05, 4.69) is 4.98 Å². The highest BCUT2D eigenvalue weighted by molar-refractivity contribution is 6.13. The number of Topliss-reactive ketones (excluding diaryl/α,β-unsaturated/α-hetero) is 1. The zero-order valence-corrected chi connectivity index (χ0v) is 19.5. The second kappa shape index (κ2) is 10.7. The molecule has 192 valence electrons. The predicted molar refractivity (Wildman–Crippen MR) is 128 cm³/mol. The lowest BCUT2D eigenvalue weighted by atomic mass is 9.97. The van der Waals surface area contributed by atoms with Crippen molar-refractivity contribution in [3.63, 3.8) is 0 Å². The van der Waals surface area contributed by atoms with E-state index in [1.807, 2.05) is 11.0 Å². The van der Waals surface area contributed by atoms with Crippen molar-refractivity contribution in [1.82, 2.24) is 9.88 Å². The van der Waals surface area contributed by atoms with Gasteiger partial charge in [-0.25, -0.2) is 0 Å². The second-order valence-electron chi connectivity index (χ2n) is 8.73. The number of hydrogen-bond acceptors (Lipinski definition) is 3. The van der Waals surface area contributed by atoms with Crippen LogP contribution in [0, 0.1) is 0 Å². The molecule has 3 nitrogen and oxygen atoms in total. The van der Waals surface area contributed by atoms with Crippen molar-refractivity contribution >= 4 is 17.9 Å². The van der Waals surface area contributed by atoms with Crippen LogP contribution in [0.5, 0.6) is 0 Å². The lowest BCUT2D eigenvalue weighted by Gasteiger charge is -2.20. The third-order valence-electron chi connectivity index (χ3n) is 5.96. The fourth-order valence-electron chi connectivity index (χ4n) is 4.06. The van der Waals surface area contributed by atoms with Crippen LogP contribution < -0.4 is 0 Å². The maximum atomic E-state index is 13.5. The molecule has 1 aromatic heterocycles. The van der Waals surface area contributed by atoms with Crippen LogP contribution in [0.2, 0.25) is 0 Å². The first-order valence-corrected chi connectivity index (χ1v) is 11.4. The molecule has 0 spiro atoms. The monoisotopic (exact) mass is 516 g/mol. The van der Waals surface area contributed by atoms with Gasteiger partial charge in [0.1, 0.15) is 0 Å². The molecule has 2 aromatic carbocycles. The summed E-state index contributed by atoms with van der Waals surface area (Å²) in [4.78, 5) is 19.6. The third kappa shape index (κ3) is 6.95. The summed E-state index contributed by atoms with van der Waals surface area (Å²) in [5.74, 6) is -0.298. The Morgan fingerprint density at radius 3 is 1.81 bits per heavy atom. The quantitative estimate of drug-likeness (QED) is 0.275. The average molecular weight is 516 g/mol. The summed E-state index contributed by atoms with van der Waals surface area (Å²) >= 11 is 0.